The van der Waals surface area contributed by atoms with Gasteiger partial charge in [-0.25, -0.2) is 4.79 Å². The van der Waals surface area contributed by atoms with Gasteiger partial charge in [0.1, 0.15) is 0 Å². The fourth-order valence-corrected chi connectivity index (χ4v) is 0.890. The Labute approximate surface area is 74.6 Å². The number of hydrogen-bond donors (Lipinski definition) is 0. The van der Waals surface area contributed by atoms with Gasteiger partial charge in [-0.2, -0.15) is 0 Å². The van der Waals surface area contributed by atoms with Crippen molar-refractivity contribution >= 4 is 35.0 Å². The molecule has 0 aromatic carbocycles. The molecular weight excluding hydrogens is 191 g/mol. The highest BCUT2D eigenvalue weighted by atomic mass is 35.5. The Morgan fingerprint density at radius 2 is 1.82 bits per heavy atom. The van der Waals surface area contributed by atoms with Crippen LogP contribution in [0.5, 0.6) is 0 Å². The van der Waals surface area contributed by atoms with Crippen LogP contribution in [0.15, 0.2) is 0 Å². The number of hydrogen-bond acceptors (Lipinski definition) is 3. The smallest absolute Gasteiger partial charge is 0.331 e. The molecule has 0 rings (SSSR count). The van der Waals surface area contributed by atoms with Gasteiger partial charge in [-0.15, -0.1) is 23.2 Å². The van der Waals surface area contributed by atoms with Crippen LogP contribution >= 0.6 is 23.2 Å². The minimum atomic E-state index is -1.28. The summed E-state index contributed by atoms with van der Waals surface area (Å²) in [4.78, 5) is 21.5. The molecule has 0 aliphatic heterocycles. The van der Waals surface area contributed by atoms with Crippen LogP contribution in [0.2, 0.25) is 0 Å². The van der Waals surface area contributed by atoms with E-state index in [0.29, 0.717) is 0 Å². The average Bonchev–Trinajstić information content (AvgIpc) is 2.00. The van der Waals surface area contributed by atoms with Crippen molar-refractivity contribution in [1.82, 2.24) is 0 Å². The summed E-state index contributed by atoms with van der Waals surface area (Å²) in [6.45, 7) is 1.45. The van der Waals surface area contributed by atoms with Gasteiger partial charge >= 0.3 is 5.97 Å². The van der Waals surface area contributed by atoms with Gasteiger partial charge in [0.15, 0.2) is 11.2 Å². The van der Waals surface area contributed by atoms with E-state index in [2.05, 4.69) is 4.74 Å². The van der Waals surface area contributed by atoms with Crippen LogP contribution in [0.4, 0.5) is 0 Å². The largest absolute Gasteiger partial charge is 0.468 e. The molecular formula is C6H8Cl2O3. The third kappa shape index (κ3) is 3.08. The van der Waals surface area contributed by atoms with Crippen LogP contribution in [0.25, 0.3) is 0 Å². The summed E-state index contributed by atoms with van der Waals surface area (Å²) in [6, 6.07) is 0. The second-order valence-electron chi connectivity index (χ2n) is 1.90. The van der Waals surface area contributed by atoms with Gasteiger partial charge in [0.25, 0.3) is 0 Å². The van der Waals surface area contributed by atoms with E-state index in [-0.39, 0.29) is 0 Å². The van der Waals surface area contributed by atoms with Gasteiger partial charge in [0, 0.05) is 0 Å². The average molecular weight is 199 g/mol. The molecule has 0 N–H and O–H groups in total. The van der Waals surface area contributed by atoms with Gasteiger partial charge < -0.3 is 4.74 Å². The number of ketones is 1. The first-order valence-electron chi connectivity index (χ1n) is 2.90. The second kappa shape index (κ2) is 4.57. The van der Waals surface area contributed by atoms with E-state index in [9.17, 15) is 9.59 Å². The summed E-state index contributed by atoms with van der Waals surface area (Å²) in [5.41, 5.74) is 0. The molecule has 2 unspecified atom stereocenters. The van der Waals surface area contributed by atoms with Gasteiger partial charge in [0.05, 0.1) is 12.5 Å². The first kappa shape index (κ1) is 10.7. The SMILES string of the molecule is COC(=O)C(Cl)C(=O)C(C)Cl. The normalized spacial score (nSPS) is 15.3. The molecule has 0 fully saturated rings. The quantitative estimate of drug-likeness (QED) is 0.386. The van der Waals surface area contributed by atoms with Gasteiger partial charge in [-0.1, -0.05) is 0 Å². The zero-order chi connectivity index (χ0) is 9.02. The van der Waals surface area contributed by atoms with E-state index in [4.69, 9.17) is 23.2 Å². The number of Topliss-reactive ketones (excluding diaryl/α,β-unsaturated/α-hetero) is 1. The van der Waals surface area contributed by atoms with E-state index >= 15 is 0 Å². The second-order valence-corrected chi connectivity index (χ2v) is 3.00. The van der Waals surface area contributed by atoms with Gasteiger partial charge in [-0.3, -0.25) is 4.79 Å². The molecule has 0 amide bonds. The Kier molecular flexibility index (Phi) is 4.45. The standard InChI is InChI=1S/C6H8Cl2O3/c1-3(7)5(9)4(8)6(10)11-2/h3-4H,1-2H3. The van der Waals surface area contributed by atoms with Crippen molar-refractivity contribution in [3.05, 3.63) is 0 Å². The number of alkyl halides is 2. The number of esters is 1. The van der Waals surface area contributed by atoms with Crippen molar-refractivity contribution in [3.63, 3.8) is 0 Å². The number of carbonyl (C=O) groups is 2. The maximum Gasteiger partial charge on any atom is 0.331 e. The fourth-order valence-electron chi connectivity index (χ4n) is 0.421. The lowest BCUT2D eigenvalue weighted by Crippen LogP contribution is -2.30. The summed E-state index contributed by atoms with van der Waals surface area (Å²) in [5, 5.41) is -2.05. The first-order valence-corrected chi connectivity index (χ1v) is 3.77. The molecule has 0 aliphatic carbocycles. The lowest BCUT2D eigenvalue weighted by molar-refractivity contribution is -0.142. The lowest BCUT2D eigenvalue weighted by Gasteiger charge is -2.06. The van der Waals surface area contributed by atoms with E-state index in [0.717, 1.165) is 7.11 Å². The first-order chi connectivity index (χ1) is 5.00. The summed E-state index contributed by atoms with van der Waals surface area (Å²) in [6.07, 6.45) is 0. The lowest BCUT2D eigenvalue weighted by atomic mass is 10.2. The molecule has 0 saturated heterocycles. The van der Waals surface area contributed by atoms with Crippen LogP contribution in [-0.2, 0) is 14.3 Å². The summed E-state index contributed by atoms with van der Waals surface area (Å²) in [7, 11) is 1.16. The van der Waals surface area contributed by atoms with Crippen LogP contribution in [0.3, 0.4) is 0 Å². The Morgan fingerprint density at radius 1 is 1.36 bits per heavy atom. The highest BCUT2D eigenvalue weighted by molar-refractivity contribution is 6.46. The van der Waals surface area contributed by atoms with Crippen molar-refractivity contribution in [1.29, 1.82) is 0 Å². The van der Waals surface area contributed by atoms with Gasteiger partial charge in [-0.05, 0) is 6.92 Å². The summed E-state index contributed by atoms with van der Waals surface area (Å²) >= 11 is 10.8. The third-order valence-corrected chi connectivity index (χ3v) is 1.66. The fraction of sp³-hybridized carbons (Fsp3) is 0.667. The molecule has 0 bridgehead atoms. The van der Waals surface area contributed by atoms with E-state index in [1.165, 1.54) is 6.92 Å². The minimum absolute atomic E-state index is 0.541. The maximum absolute atomic E-state index is 10.9. The Morgan fingerprint density at radius 3 is 2.09 bits per heavy atom. The number of ether oxygens (including phenoxy) is 1. The zero-order valence-electron chi connectivity index (χ0n) is 6.14. The topological polar surface area (TPSA) is 43.4 Å². The number of rotatable bonds is 3. The van der Waals surface area contributed by atoms with Gasteiger partial charge in [0.2, 0.25) is 0 Å². The maximum atomic E-state index is 10.9. The van der Waals surface area contributed by atoms with E-state index in [1.807, 2.05) is 0 Å². The Hall–Kier alpha value is -0.280. The van der Waals surface area contributed by atoms with Crippen LogP contribution in [0.1, 0.15) is 6.92 Å². The number of carbonyl (C=O) groups excluding carboxylic acids is 2. The van der Waals surface area contributed by atoms with E-state index < -0.39 is 22.5 Å². The zero-order valence-corrected chi connectivity index (χ0v) is 7.65. The van der Waals surface area contributed by atoms with Crippen molar-refractivity contribution < 1.29 is 14.3 Å². The van der Waals surface area contributed by atoms with E-state index in [1.54, 1.807) is 0 Å². The predicted octanol–water partition coefficient (Wildman–Crippen LogP) is 0.963. The molecule has 0 radical (unpaired) electrons. The number of halogens is 2. The summed E-state index contributed by atoms with van der Waals surface area (Å²) in [5.74, 6) is -1.32. The molecule has 0 saturated carbocycles. The molecule has 0 spiro atoms. The molecule has 2 atom stereocenters. The Balaban J connectivity index is 4.13. The van der Waals surface area contributed by atoms with Crippen molar-refractivity contribution in [2.24, 2.45) is 0 Å². The van der Waals surface area contributed by atoms with Crippen molar-refractivity contribution in [2.45, 2.75) is 17.7 Å². The molecule has 0 heterocycles. The highest BCUT2D eigenvalue weighted by Crippen LogP contribution is 2.07. The monoisotopic (exact) mass is 198 g/mol. The van der Waals surface area contributed by atoms with Crippen molar-refractivity contribution in [3.8, 4) is 0 Å². The van der Waals surface area contributed by atoms with Crippen molar-refractivity contribution in [2.75, 3.05) is 7.11 Å². The van der Waals surface area contributed by atoms with Crippen LogP contribution in [0, 0.1) is 0 Å². The minimum Gasteiger partial charge on any atom is -0.468 e. The summed E-state index contributed by atoms with van der Waals surface area (Å²) < 4.78 is 4.23. The predicted molar refractivity (Wildman–Crippen MR) is 42.0 cm³/mol. The Bertz CT molecular complexity index is 167. The molecule has 11 heavy (non-hydrogen) atoms. The molecule has 3 nitrogen and oxygen atoms in total. The molecule has 5 heteroatoms. The molecule has 0 aromatic heterocycles. The third-order valence-electron chi connectivity index (χ3n) is 1.05. The molecule has 64 valence electrons. The highest BCUT2D eigenvalue weighted by Gasteiger charge is 2.27. The number of methoxy groups -OCH3 is 1. The van der Waals surface area contributed by atoms with Crippen LogP contribution < -0.4 is 0 Å². The molecule has 0 aliphatic rings. The molecule has 0 aromatic rings. The van der Waals surface area contributed by atoms with Crippen LogP contribution in [-0.4, -0.2) is 29.6 Å².